The zero-order valence-corrected chi connectivity index (χ0v) is 19.0. The maximum Gasteiger partial charge on any atom is 0.258 e. The molecular formula is C25H21N5O2S. The number of H-pyrrole nitrogens is 1. The van der Waals surface area contributed by atoms with Crippen LogP contribution in [0.15, 0.2) is 82.7 Å². The van der Waals surface area contributed by atoms with Crippen molar-refractivity contribution in [2.24, 2.45) is 0 Å². The molecule has 0 spiro atoms. The van der Waals surface area contributed by atoms with Crippen molar-refractivity contribution in [1.29, 1.82) is 0 Å². The quantitative estimate of drug-likeness (QED) is 0.371. The van der Waals surface area contributed by atoms with Gasteiger partial charge in [-0.15, -0.1) is 10.2 Å². The number of aryl methyl sites for hydroxylation is 1. The fourth-order valence-electron chi connectivity index (χ4n) is 3.65. The zero-order valence-electron chi connectivity index (χ0n) is 18.1. The van der Waals surface area contributed by atoms with Crippen LogP contribution in [-0.2, 0) is 5.75 Å². The van der Waals surface area contributed by atoms with Gasteiger partial charge in [0.05, 0.1) is 23.8 Å². The lowest BCUT2D eigenvalue weighted by Gasteiger charge is -2.11. The highest BCUT2D eigenvalue weighted by molar-refractivity contribution is 7.98. The largest absolute Gasteiger partial charge is 0.497 e. The molecular weight excluding hydrogens is 434 g/mol. The van der Waals surface area contributed by atoms with E-state index in [2.05, 4.69) is 20.2 Å². The van der Waals surface area contributed by atoms with Crippen LogP contribution in [0.25, 0.3) is 28.0 Å². The highest BCUT2D eigenvalue weighted by Crippen LogP contribution is 2.30. The van der Waals surface area contributed by atoms with Crippen LogP contribution in [0.4, 0.5) is 0 Å². The molecule has 2 heterocycles. The molecule has 5 aromatic rings. The Hall–Kier alpha value is -3.91. The summed E-state index contributed by atoms with van der Waals surface area (Å²) in [5, 5.41) is 10.2. The van der Waals surface area contributed by atoms with Gasteiger partial charge in [0.25, 0.3) is 5.56 Å². The highest BCUT2D eigenvalue weighted by atomic mass is 32.2. The van der Waals surface area contributed by atoms with Crippen LogP contribution in [0.5, 0.6) is 5.75 Å². The van der Waals surface area contributed by atoms with Crippen LogP contribution in [0.1, 0.15) is 11.4 Å². The number of rotatable bonds is 6. The number of thioether (sulfide) groups is 1. The van der Waals surface area contributed by atoms with Crippen LogP contribution < -0.4 is 10.3 Å². The molecule has 0 atom stereocenters. The van der Waals surface area contributed by atoms with Crippen molar-refractivity contribution in [3.63, 3.8) is 0 Å². The van der Waals surface area contributed by atoms with Crippen molar-refractivity contribution in [3.8, 4) is 22.8 Å². The van der Waals surface area contributed by atoms with E-state index in [0.717, 1.165) is 33.9 Å². The minimum absolute atomic E-state index is 0.136. The summed E-state index contributed by atoms with van der Waals surface area (Å²) in [5.74, 6) is 2.55. The molecule has 0 aliphatic rings. The predicted molar refractivity (Wildman–Crippen MR) is 130 cm³/mol. The number of aromatic amines is 1. The summed E-state index contributed by atoms with van der Waals surface area (Å²) in [6.07, 6.45) is 0. The maximum atomic E-state index is 12.5. The first-order valence-corrected chi connectivity index (χ1v) is 11.4. The third-order valence-corrected chi connectivity index (χ3v) is 6.26. The first-order valence-electron chi connectivity index (χ1n) is 10.4. The van der Waals surface area contributed by atoms with Crippen molar-refractivity contribution in [2.75, 3.05) is 7.11 Å². The van der Waals surface area contributed by atoms with Gasteiger partial charge >= 0.3 is 0 Å². The molecule has 0 amide bonds. The molecule has 3 aromatic carbocycles. The Balaban J connectivity index is 1.52. The summed E-state index contributed by atoms with van der Waals surface area (Å²) < 4.78 is 7.29. The Morgan fingerprint density at radius 3 is 2.52 bits per heavy atom. The molecule has 0 saturated carbocycles. The van der Waals surface area contributed by atoms with Crippen LogP contribution in [0.3, 0.4) is 0 Å². The molecule has 33 heavy (non-hydrogen) atoms. The maximum absolute atomic E-state index is 12.5. The predicted octanol–water partition coefficient (Wildman–Crippen LogP) is 4.78. The number of para-hydroxylation sites is 2. The van der Waals surface area contributed by atoms with Crippen molar-refractivity contribution in [2.45, 2.75) is 17.8 Å². The summed E-state index contributed by atoms with van der Waals surface area (Å²) >= 11 is 1.47. The fourth-order valence-corrected chi connectivity index (χ4v) is 4.48. The Kier molecular flexibility index (Phi) is 5.66. The topological polar surface area (TPSA) is 85.7 Å². The van der Waals surface area contributed by atoms with E-state index >= 15 is 0 Å². The zero-order chi connectivity index (χ0) is 22.8. The third kappa shape index (κ3) is 4.12. The molecule has 5 rings (SSSR count). The molecule has 0 saturated heterocycles. The Morgan fingerprint density at radius 2 is 1.76 bits per heavy atom. The minimum Gasteiger partial charge on any atom is -0.497 e. The number of hydrogen-bond acceptors (Lipinski definition) is 6. The summed E-state index contributed by atoms with van der Waals surface area (Å²) in [7, 11) is 1.64. The monoisotopic (exact) mass is 455 g/mol. The van der Waals surface area contributed by atoms with Crippen LogP contribution >= 0.6 is 11.8 Å². The van der Waals surface area contributed by atoms with E-state index in [9.17, 15) is 4.79 Å². The normalized spacial score (nSPS) is 11.1. The summed E-state index contributed by atoms with van der Waals surface area (Å²) in [4.78, 5) is 20.1. The van der Waals surface area contributed by atoms with E-state index in [1.165, 1.54) is 11.8 Å². The molecule has 0 aliphatic carbocycles. The molecule has 164 valence electrons. The lowest BCUT2D eigenvalue weighted by Crippen LogP contribution is -2.12. The van der Waals surface area contributed by atoms with Gasteiger partial charge < -0.3 is 9.72 Å². The number of benzene rings is 3. The molecule has 0 fully saturated rings. The molecule has 0 unspecified atom stereocenters. The van der Waals surface area contributed by atoms with Gasteiger partial charge in [0.2, 0.25) is 0 Å². The lowest BCUT2D eigenvalue weighted by atomic mass is 10.1. The summed E-state index contributed by atoms with van der Waals surface area (Å²) in [6.45, 7) is 1.96. The van der Waals surface area contributed by atoms with Crippen LogP contribution in [0.2, 0.25) is 0 Å². The molecule has 0 radical (unpaired) electrons. The molecule has 1 N–H and O–H groups in total. The third-order valence-electron chi connectivity index (χ3n) is 5.32. The van der Waals surface area contributed by atoms with E-state index in [4.69, 9.17) is 4.74 Å². The van der Waals surface area contributed by atoms with Crippen LogP contribution in [0, 0.1) is 6.92 Å². The molecule has 7 nitrogen and oxygen atoms in total. The van der Waals surface area contributed by atoms with Gasteiger partial charge in [0.15, 0.2) is 11.0 Å². The number of aromatic nitrogens is 5. The van der Waals surface area contributed by atoms with E-state index in [0.29, 0.717) is 22.1 Å². The number of nitrogens with one attached hydrogen (secondary N) is 1. The number of methoxy groups -OCH3 is 1. The van der Waals surface area contributed by atoms with Crippen LogP contribution in [-0.4, -0.2) is 31.8 Å². The smallest absolute Gasteiger partial charge is 0.258 e. The second kappa shape index (κ2) is 8.91. The Morgan fingerprint density at radius 1 is 0.970 bits per heavy atom. The summed E-state index contributed by atoms with van der Waals surface area (Å²) in [5.41, 5.74) is 3.43. The van der Waals surface area contributed by atoms with Crippen molar-refractivity contribution in [3.05, 3.63) is 94.5 Å². The fraction of sp³-hybridized carbons (Fsp3) is 0.120. The standard InChI is InChI=1S/C25H21N5O2S/c1-16-7-6-10-20-22(16)26-21(27-24(20)31)15-33-25-29-28-23(17-11-13-19(32-2)14-12-17)30(25)18-8-4-3-5-9-18/h3-14H,15H2,1-2H3,(H,26,27,31). The van der Waals surface area contributed by atoms with Gasteiger partial charge in [0.1, 0.15) is 11.6 Å². The first-order chi connectivity index (χ1) is 16.1. The minimum atomic E-state index is -0.136. The van der Waals surface area contributed by atoms with E-state index in [1.807, 2.05) is 78.2 Å². The number of nitrogens with zero attached hydrogens (tertiary/aromatic N) is 4. The Labute approximate surface area is 194 Å². The van der Waals surface area contributed by atoms with E-state index < -0.39 is 0 Å². The number of ether oxygens (including phenoxy) is 1. The van der Waals surface area contributed by atoms with Gasteiger partial charge in [-0.1, -0.05) is 42.1 Å². The molecule has 0 aliphatic heterocycles. The SMILES string of the molecule is COc1ccc(-c2nnc(SCc3nc4c(C)cccc4c(=O)[nH]3)n2-c2ccccc2)cc1. The number of fused-ring (bicyclic) bond motifs is 1. The average Bonchev–Trinajstić information content (AvgIpc) is 3.28. The lowest BCUT2D eigenvalue weighted by molar-refractivity contribution is 0.415. The van der Waals surface area contributed by atoms with E-state index in [1.54, 1.807) is 13.2 Å². The van der Waals surface area contributed by atoms with E-state index in [-0.39, 0.29) is 5.56 Å². The van der Waals surface area contributed by atoms with Crippen molar-refractivity contribution in [1.82, 2.24) is 24.7 Å². The van der Waals surface area contributed by atoms with Gasteiger partial charge in [0, 0.05) is 11.3 Å². The summed E-state index contributed by atoms with van der Waals surface area (Å²) in [6, 6.07) is 23.3. The van der Waals surface area contributed by atoms with Gasteiger partial charge in [-0.3, -0.25) is 9.36 Å². The average molecular weight is 456 g/mol. The highest BCUT2D eigenvalue weighted by Gasteiger charge is 2.17. The second-order valence-corrected chi connectivity index (χ2v) is 8.42. The molecule has 0 bridgehead atoms. The number of hydrogen-bond donors (Lipinski definition) is 1. The van der Waals surface area contributed by atoms with Gasteiger partial charge in [-0.2, -0.15) is 0 Å². The van der Waals surface area contributed by atoms with Gasteiger partial charge in [-0.05, 0) is 55.0 Å². The van der Waals surface area contributed by atoms with Gasteiger partial charge in [-0.25, -0.2) is 4.98 Å². The molecule has 2 aromatic heterocycles. The second-order valence-electron chi connectivity index (χ2n) is 7.48. The molecule has 8 heteroatoms. The van der Waals surface area contributed by atoms with Crippen molar-refractivity contribution >= 4 is 22.7 Å². The Bertz CT molecular complexity index is 1480. The van der Waals surface area contributed by atoms with Crippen molar-refractivity contribution < 1.29 is 4.74 Å². The first kappa shape index (κ1) is 21.0.